The zero-order valence-electron chi connectivity index (χ0n) is 15.9. The van der Waals surface area contributed by atoms with E-state index in [2.05, 4.69) is 65.7 Å². The van der Waals surface area contributed by atoms with Gasteiger partial charge in [-0.15, -0.1) is 0 Å². The van der Waals surface area contributed by atoms with Gasteiger partial charge in [-0.3, -0.25) is 4.57 Å². The van der Waals surface area contributed by atoms with Crippen LogP contribution in [0.3, 0.4) is 0 Å². The first-order chi connectivity index (χ1) is 14.2. The summed E-state index contributed by atoms with van der Waals surface area (Å²) in [7, 11) is 1.95. The molecule has 0 aliphatic carbocycles. The number of nitrogens with zero attached hydrogens (tertiary/aromatic N) is 4. The van der Waals surface area contributed by atoms with Gasteiger partial charge in [0.25, 0.3) is 0 Å². The lowest BCUT2D eigenvalue weighted by Crippen LogP contribution is -2.11. The van der Waals surface area contributed by atoms with Crippen molar-refractivity contribution in [3.63, 3.8) is 0 Å². The van der Waals surface area contributed by atoms with E-state index in [1.807, 2.05) is 37.5 Å². The maximum atomic E-state index is 7.15. The molecule has 0 spiro atoms. The van der Waals surface area contributed by atoms with Crippen molar-refractivity contribution < 1.29 is 0 Å². The quantitative estimate of drug-likeness (QED) is 0.379. The van der Waals surface area contributed by atoms with E-state index in [-0.39, 0.29) is 0 Å². The van der Waals surface area contributed by atoms with Crippen LogP contribution in [0.5, 0.6) is 0 Å². The number of aromatic nitrogens is 3. The summed E-state index contributed by atoms with van der Waals surface area (Å²) in [5, 5.41) is 3.25. The van der Waals surface area contributed by atoms with Gasteiger partial charge in [-0.25, -0.2) is 9.83 Å². The first-order valence-electron chi connectivity index (χ1n) is 9.36. The minimum Gasteiger partial charge on any atom is -0.340 e. The number of halogens is 1. The summed E-state index contributed by atoms with van der Waals surface area (Å²) in [6.45, 7) is 8.67. The van der Waals surface area contributed by atoms with Crippen molar-refractivity contribution in [2.75, 3.05) is 7.05 Å². The van der Waals surface area contributed by atoms with Gasteiger partial charge in [0, 0.05) is 29.3 Å². The Morgan fingerprint density at radius 1 is 1.14 bits per heavy atom. The molecule has 6 heteroatoms. The number of rotatable bonds is 3. The summed E-state index contributed by atoms with van der Waals surface area (Å²) in [6, 6.07) is 16.3. The molecule has 0 atom stereocenters. The van der Waals surface area contributed by atoms with E-state index in [4.69, 9.17) is 11.6 Å². The van der Waals surface area contributed by atoms with Crippen LogP contribution >= 0.6 is 15.9 Å². The van der Waals surface area contributed by atoms with Gasteiger partial charge >= 0.3 is 0 Å². The maximum Gasteiger partial charge on any atom is 0.187 e. The summed E-state index contributed by atoms with van der Waals surface area (Å²) >= 11 is 3.62. The molecule has 2 aromatic carbocycles. The predicted molar refractivity (Wildman–Crippen MR) is 118 cm³/mol. The Kier molecular flexibility index (Phi) is 4.35. The summed E-state index contributed by atoms with van der Waals surface area (Å²) < 4.78 is 5.58. The Morgan fingerprint density at radius 2 is 1.97 bits per heavy atom. The SMILES string of the molecule is [C-]#[N+]c1ccc(-c2cc3n(c2)Cc2cc(Br)ccc2-n2c(CNC)cnc2-3)cc1. The van der Waals surface area contributed by atoms with Gasteiger partial charge in [-0.2, -0.15) is 0 Å². The van der Waals surface area contributed by atoms with Gasteiger partial charge in [-0.05, 0) is 42.4 Å². The van der Waals surface area contributed by atoms with Crippen LogP contribution in [0.4, 0.5) is 5.69 Å². The van der Waals surface area contributed by atoms with E-state index in [1.54, 1.807) is 0 Å². The molecule has 4 aromatic rings. The van der Waals surface area contributed by atoms with Crippen LogP contribution in [-0.4, -0.2) is 21.2 Å². The summed E-state index contributed by atoms with van der Waals surface area (Å²) in [4.78, 5) is 8.27. The number of hydrogen-bond donors (Lipinski definition) is 1. The largest absolute Gasteiger partial charge is 0.340 e. The lowest BCUT2D eigenvalue weighted by atomic mass is 10.1. The highest BCUT2D eigenvalue weighted by Crippen LogP contribution is 2.36. The second-order valence-electron chi connectivity index (χ2n) is 7.11. The molecule has 0 unspecified atom stereocenters. The highest BCUT2D eigenvalue weighted by atomic mass is 79.9. The van der Waals surface area contributed by atoms with E-state index in [0.29, 0.717) is 5.69 Å². The van der Waals surface area contributed by atoms with Gasteiger partial charge in [0.1, 0.15) is 0 Å². The highest BCUT2D eigenvalue weighted by molar-refractivity contribution is 9.10. The fourth-order valence-electron chi connectivity index (χ4n) is 3.94. The molecule has 3 heterocycles. The maximum absolute atomic E-state index is 7.15. The second-order valence-corrected chi connectivity index (χ2v) is 8.03. The molecule has 1 aliphatic heterocycles. The first kappa shape index (κ1) is 17.9. The molecule has 1 aliphatic rings. The molecular weight excluding hydrogens is 426 g/mol. The van der Waals surface area contributed by atoms with E-state index in [9.17, 15) is 0 Å². The Bertz CT molecular complexity index is 1260. The molecule has 2 aromatic heterocycles. The van der Waals surface area contributed by atoms with Gasteiger partial charge in [-0.1, -0.05) is 40.2 Å². The molecule has 0 saturated heterocycles. The van der Waals surface area contributed by atoms with E-state index in [1.165, 1.54) is 5.56 Å². The molecule has 0 bridgehead atoms. The molecule has 5 rings (SSSR count). The van der Waals surface area contributed by atoms with Crippen molar-refractivity contribution in [2.45, 2.75) is 13.1 Å². The van der Waals surface area contributed by atoms with Crippen molar-refractivity contribution in [3.8, 4) is 28.3 Å². The van der Waals surface area contributed by atoms with Crippen molar-refractivity contribution in [1.29, 1.82) is 0 Å². The summed E-state index contributed by atoms with van der Waals surface area (Å²) in [5.41, 5.74) is 7.49. The minimum absolute atomic E-state index is 0.653. The molecular formula is C23H18BrN5. The lowest BCUT2D eigenvalue weighted by Gasteiger charge is -2.13. The molecule has 29 heavy (non-hydrogen) atoms. The molecule has 0 amide bonds. The third-order valence-electron chi connectivity index (χ3n) is 5.27. The molecule has 0 fully saturated rings. The van der Waals surface area contributed by atoms with Crippen molar-refractivity contribution in [3.05, 3.63) is 88.1 Å². The Balaban J connectivity index is 1.70. The van der Waals surface area contributed by atoms with Crippen molar-refractivity contribution in [2.24, 2.45) is 0 Å². The summed E-state index contributed by atoms with van der Waals surface area (Å²) in [5.74, 6) is 0.945. The third-order valence-corrected chi connectivity index (χ3v) is 5.76. The second kappa shape index (κ2) is 7.03. The average Bonchev–Trinajstić information content (AvgIpc) is 3.30. The van der Waals surface area contributed by atoms with Gasteiger partial charge in [0.15, 0.2) is 11.5 Å². The van der Waals surface area contributed by atoms with Crippen molar-refractivity contribution in [1.82, 2.24) is 19.4 Å². The normalized spacial score (nSPS) is 11.9. The smallest absolute Gasteiger partial charge is 0.187 e. The van der Waals surface area contributed by atoms with Crippen LogP contribution in [-0.2, 0) is 13.1 Å². The summed E-state index contributed by atoms with van der Waals surface area (Å²) in [6.07, 6.45) is 4.12. The fraction of sp³-hybridized carbons (Fsp3) is 0.130. The van der Waals surface area contributed by atoms with Gasteiger partial charge in [0.2, 0.25) is 0 Å². The molecule has 0 saturated carbocycles. The zero-order chi connectivity index (χ0) is 20.0. The van der Waals surface area contributed by atoms with Gasteiger partial charge in [0.05, 0.1) is 29.8 Å². The van der Waals surface area contributed by atoms with Crippen LogP contribution in [0.25, 0.3) is 33.2 Å². The fourth-order valence-corrected chi connectivity index (χ4v) is 4.35. The number of fused-ring (bicyclic) bond motifs is 5. The van der Waals surface area contributed by atoms with Crippen LogP contribution in [0.15, 0.2) is 65.4 Å². The Hall–Kier alpha value is -3.14. The average molecular weight is 444 g/mol. The molecule has 1 N–H and O–H groups in total. The van der Waals surface area contributed by atoms with E-state index < -0.39 is 0 Å². The number of benzene rings is 2. The molecule has 142 valence electrons. The van der Waals surface area contributed by atoms with Crippen molar-refractivity contribution >= 4 is 21.6 Å². The topological polar surface area (TPSA) is 39.1 Å². The molecule has 5 nitrogen and oxygen atoms in total. The Morgan fingerprint density at radius 3 is 2.72 bits per heavy atom. The number of imidazole rings is 1. The van der Waals surface area contributed by atoms with Gasteiger partial charge < -0.3 is 9.88 Å². The lowest BCUT2D eigenvalue weighted by molar-refractivity contribution is 0.768. The standard InChI is InChI=1S/C23H18BrN5/c1-25-11-20-12-27-23-22-10-16(15-3-6-19(26-2)7-4-15)13-28(22)14-17-9-18(24)5-8-21(17)29(20)23/h3-10,12-13,25H,11,14H2,1H3. The number of hydrogen-bond acceptors (Lipinski definition) is 2. The third kappa shape index (κ3) is 3.00. The Labute approximate surface area is 177 Å². The van der Waals surface area contributed by atoms with Crippen LogP contribution in [0, 0.1) is 6.57 Å². The first-order valence-corrected chi connectivity index (χ1v) is 10.2. The van der Waals surface area contributed by atoms with Crippen LogP contribution in [0.2, 0.25) is 0 Å². The van der Waals surface area contributed by atoms with E-state index >= 15 is 0 Å². The zero-order valence-corrected chi connectivity index (χ0v) is 17.4. The van der Waals surface area contributed by atoms with Crippen LogP contribution in [0.1, 0.15) is 11.3 Å². The predicted octanol–water partition coefficient (Wildman–Crippen LogP) is 5.40. The highest BCUT2D eigenvalue weighted by Gasteiger charge is 2.23. The van der Waals surface area contributed by atoms with Crippen LogP contribution < -0.4 is 5.32 Å². The minimum atomic E-state index is 0.653. The number of nitrogens with one attached hydrogen (secondary N) is 1. The monoisotopic (exact) mass is 443 g/mol. The van der Waals surface area contributed by atoms with E-state index in [0.717, 1.165) is 51.6 Å². The molecule has 0 radical (unpaired) electrons.